The lowest BCUT2D eigenvalue weighted by Crippen LogP contribution is -2.59. The van der Waals surface area contributed by atoms with Gasteiger partial charge in [0, 0.05) is 47.9 Å². The molecule has 0 spiro atoms. The summed E-state index contributed by atoms with van der Waals surface area (Å²) in [5.74, 6) is 0.0971. The maximum absolute atomic E-state index is 13.4. The number of rotatable bonds is 11. The van der Waals surface area contributed by atoms with Gasteiger partial charge in [-0.05, 0) is 72.8 Å². The Bertz CT molecular complexity index is 1690. The maximum atomic E-state index is 13.4. The SMILES string of the molecule is CCc1ccc(C(=O)N[C@@H](Cc2ccc(-c3ncc(-c4ccc(C5CCC(CC)CC5)cc4)cn3)cc2)C(=O)N2CC(C(=O)O)C2)s1. The molecule has 1 aliphatic heterocycles. The second-order valence-corrected chi connectivity index (χ2v) is 14.0. The Morgan fingerprint density at radius 1 is 0.872 bits per heavy atom. The molecule has 244 valence electrons. The Kier molecular flexibility index (Phi) is 10.1. The Hall–Kier alpha value is -4.37. The van der Waals surface area contributed by atoms with E-state index < -0.39 is 17.9 Å². The van der Waals surface area contributed by atoms with Gasteiger partial charge >= 0.3 is 5.97 Å². The summed E-state index contributed by atoms with van der Waals surface area (Å²) in [4.78, 5) is 50.2. The minimum Gasteiger partial charge on any atom is -0.481 e. The van der Waals surface area contributed by atoms with Crippen LogP contribution in [-0.4, -0.2) is 56.9 Å². The highest BCUT2D eigenvalue weighted by molar-refractivity contribution is 7.14. The number of aromatic nitrogens is 2. The van der Waals surface area contributed by atoms with Gasteiger partial charge in [-0.1, -0.05) is 68.8 Å². The number of carbonyl (C=O) groups is 3. The zero-order valence-corrected chi connectivity index (χ0v) is 27.8. The molecule has 0 unspecified atom stereocenters. The van der Waals surface area contributed by atoms with Crippen molar-refractivity contribution in [1.29, 1.82) is 0 Å². The molecule has 2 amide bonds. The normalized spacial score (nSPS) is 18.7. The standard InChI is InChI=1S/C38H42N4O4S/c1-3-24-5-9-26(10-6-24)27-13-15-28(16-14-27)30-20-39-35(40-21-30)29-11-7-25(8-12-29)19-33(37(44)42-22-31(23-42)38(45)46)41-36(43)34-18-17-32(4-2)47-34/h7-8,11-18,20-21,24,26,31,33H,3-6,9-10,19,22-23H2,1-2H3,(H,41,43)(H,45,46)/t24?,26?,33-/m0/s1. The monoisotopic (exact) mass is 650 g/mol. The van der Waals surface area contributed by atoms with Crippen LogP contribution >= 0.6 is 11.3 Å². The summed E-state index contributed by atoms with van der Waals surface area (Å²) in [6.45, 7) is 4.63. The number of carboxylic acid groups (broad SMARTS) is 1. The van der Waals surface area contributed by atoms with Crippen LogP contribution in [0, 0.1) is 11.8 Å². The lowest BCUT2D eigenvalue weighted by atomic mass is 9.78. The zero-order chi connectivity index (χ0) is 32.9. The number of nitrogens with one attached hydrogen (secondary N) is 1. The van der Waals surface area contributed by atoms with Crippen molar-refractivity contribution in [2.75, 3.05) is 13.1 Å². The molecule has 0 bridgehead atoms. The number of thiophene rings is 1. The van der Waals surface area contributed by atoms with Gasteiger partial charge in [-0.15, -0.1) is 11.3 Å². The molecule has 2 aromatic heterocycles. The Balaban J connectivity index is 1.10. The Labute approximate surface area is 280 Å². The van der Waals surface area contributed by atoms with Gasteiger partial charge in [0.25, 0.3) is 5.91 Å². The molecule has 1 aliphatic carbocycles. The minimum absolute atomic E-state index is 0.149. The van der Waals surface area contributed by atoms with Crippen molar-refractivity contribution in [2.45, 2.75) is 70.8 Å². The van der Waals surface area contributed by atoms with Crippen molar-refractivity contribution in [3.8, 4) is 22.5 Å². The van der Waals surface area contributed by atoms with Crippen LogP contribution in [0.2, 0.25) is 0 Å². The Morgan fingerprint density at radius 3 is 2.13 bits per heavy atom. The molecular weight excluding hydrogens is 609 g/mol. The third-order valence-electron chi connectivity index (χ3n) is 9.82. The van der Waals surface area contributed by atoms with Gasteiger partial charge in [0.2, 0.25) is 5.91 Å². The van der Waals surface area contributed by atoms with Gasteiger partial charge in [0.1, 0.15) is 6.04 Å². The highest BCUT2D eigenvalue weighted by atomic mass is 32.1. The molecule has 2 aromatic carbocycles. The van der Waals surface area contributed by atoms with Crippen LogP contribution in [0.4, 0.5) is 0 Å². The fourth-order valence-corrected chi connectivity index (χ4v) is 7.51. The summed E-state index contributed by atoms with van der Waals surface area (Å²) in [6, 6.07) is 19.4. The molecule has 2 N–H and O–H groups in total. The molecule has 9 heteroatoms. The molecule has 4 aromatic rings. The van der Waals surface area contributed by atoms with E-state index in [1.54, 1.807) is 6.07 Å². The van der Waals surface area contributed by atoms with E-state index in [9.17, 15) is 19.5 Å². The largest absolute Gasteiger partial charge is 0.481 e. The lowest BCUT2D eigenvalue weighted by Gasteiger charge is -2.38. The van der Waals surface area contributed by atoms with Crippen LogP contribution in [0.1, 0.15) is 77.5 Å². The van der Waals surface area contributed by atoms with Crippen LogP contribution in [-0.2, 0) is 22.4 Å². The van der Waals surface area contributed by atoms with Crippen molar-refractivity contribution in [3.63, 3.8) is 0 Å². The quantitative estimate of drug-likeness (QED) is 0.181. The van der Waals surface area contributed by atoms with E-state index in [0.717, 1.165) is 39.5 Å². The number of carbonyl (C=O) groups excluding carboxylic acids is 2. The molecule has 3 heterocycles. The summed E-state index contributed by atoms with van der Waals surface area (Å²) in [5.41, 5.74) is 5.21. The predicted molar refractivity (Wildman–Crippen MR) is 184 cm³/mol. The first-order valence-electron chi connectivity index (χ1n) is 16.7. The molecule has 1 saturated carbocycles. The number of carboxylic acids is 1. The summed E-state index contributed by atoms with van der Waals surface area (Å²) < 4.78 is 0. The summed E-state index contributed by atoms with van der Waals surface area (Å²) in [7, 11) is 0. The topological polar surface area (TPSA) is 112 Å². The third kappa shape index (κ3) is 7.62. The molecular formula is C38H42N4O4S. The average Bonchev–Trinajstić information content (AvgIpc) is 3.58. The second-order valence-electron chi connectivity index (χ2n) is 12.9. The molecule has 0 radical (unpaired) electrons. The van der Waals surface area contributed by atoms with E-state index in [1.165, 1.54) is 53.9 Å². The van der Waals surface area contributed by atoms with E-state index >= 15 is 0 Å². The van der Waals surface area contributed by atoms with Crippen LogP contribution < -0.4 is 5.32 Å². The first kappa shape index (κ1) is 32.6. The van der Waals surface area contributed by atoms with E-state index in [0.29, 0.717) is 16.6 Å². The fourth-order valence-electron chi connectivity index (χ4n) is 6.66. The number of amides is 2. The minimum atomic E-state index is -0.913. The molecule has 2 fully saturated rings. The second kappa shape index (κ2) is 14.6. The maximum Gasteiger partial charge on any atom is 0.310 e. The predicted octanol–water partition coefficient (Wildman–Crippen LogP) is 7.00. The number of likely N-dealkylation sites (tertiary alicyclic amines) is 1. The van der Waals surface area contributed by atoms with Gasteiger partial charge in [-0.3, -0.25) is 14.4 Å². The number of aliphatic carboxylic acids is 1. The van der Waals surface area contributed by atoms with E-state index in [1.807, 2.05) is 49.6 Å². The number of aryl methyl sites for hydroxylation is 1. The molecule has 1 saturated heterocycles. The van der Waals surface area contributed by atoms with Crippen molar-refractivity contribution in [2.24, 2.45) is 11.8 Å². The molecule has 2 aliphatic rings. The van der Waals surface area contributed by atoms with Gasteiger partial charge < -0.3 is 15.3 Å². The molecule has 47 heavy (non-hydrogen) atoms. The molecule has 6 rings (SSSR count). The van der Waals surface area contributed by atoms with Crippen molar-refractivity contribution in [3.05, 3.63) is 93.9 Å². The van der Waals surface area contributed by atoms with E-state index in [4.69, 9.17) is 0 Å². The highest BCUT2D eigenvalue weighted by Crippen LogP contribution is 2.37. The average molecular weight is 651 g/mol. The van der Waals surface area contributed by atoms with E-state index in [2.05, 4.69) is 46.5 Å². The van der Waals surface area contributed by atoms with Crippen LogP contribution in [0.25, 0.3) is 22.5 Å². The summed E-state index contributed by atoms with van der Waals surface area (Å²) in [6.07, 6.45) is 11.3. The summed E-state index contributed by atoms with van der Waals surface area (Å²) >= 11 is 1.41. The molecule has 8 nitrogen and oxygen atoms in total. The lowest BCUT2D eigenvalue weighted by molar-refractivity contribution is -0.153. The van der Waals surface area contributed by atoms with E-state index in [-0.39, 0.29) is 31.3 Å². The number of hydrogen-bond donors (Lipinski definition) is 2. The van der Waals surface area contributed by atoms with Crippen LogP contribution in [0.5, 0.6) is 0 Å². The van der Waals surface area contributed by atoms with Gasteiger partial charge in [0.15, 0.2) is 5.82 Å². The van der Waals surface area contributed by atoms with Crippen LogP contribution in [0.3, 0.4) is 0 Å². The first-order chi connectivity index (χ1) is 22.8. The smallest absolute Gasteiger partial charge is 0.310 e. The van der Waals surface area contributed by atoms with Gasteiger partial charge in [-0.25, -0.2) is 9.97 Å². The van der Waals surface area contributed by atoms with Crippen molar-refractivity contribution >= 4 is 29.1 Å². The van der Waals surface area contributed by atoms with Gasteiger partial charge in [0.05, 0.1) is 10.8 Å². The number of hydrogen-bond acceptors (Lipinski definition) is 6. The number of benzene rings is 2. The van der Waals surface area contributed by atoms with Gasteiger partial charge in [-0.2, -0.15) is 0 Å². The van der Waals surface area contributed by atoms with Crippen LogP contribution in [0.15, 0.2) is 73.1 Å². The van der Waals surface area contributed by atoms with Crippen molar-refractivity contribution < 1.29 is 19.5 Å². The highest BCUT2D eigenvalue weighted by Gasteiger charge is 2.39. The van der Waals surface area contributed by atoms with Crippen molar-refractivity contribution in [1.82, 2.24) is 20.2 Å². The zero-order valence-electron chi connectivity index (χ0n) is 27.0. The Morgan fingerprint density at radius 2 is 1.53 bits per heavy atom. The fraction of sp³-hybridized carbons (Fsp3) is 0.395. The third-order valence-corrected chi connectivity index (χ3v) is 11.1. The molecule has 1 atom stereocenters. The number of nitrogens with zero attached hydrogens (tertiary/aromatic N) is 3. The summed E-state index contributed by atoms with van der Waals surface area (Å²) in [5, 5.41) is 12.2. The first-order valence-corrected chi connectivity index (χ1v) is 17.6.